The fourth-order valence-electron chi connectivity index (χ4n) is 1.86. The summed E-state index contributed by atoms with van der Waals surface area (Å²) in [6.45, 7) is 3.60. The number of ether oxygens (including phenoxy) is 3. The SMILES string of the molecule is CCOc1cccc(OCCCOc2c(Cl)cccc2Cl)c1. The second-order valence-corrected chi connectivity index (χ2v) is 5.32. The standard InChI is InChI=1S/C17H18Cl2O3/c1-2-20-13-6-3-7-14(12-13)21-10-5-11-22-17-15(18)8-4-9-16(17)19/h3-4,6-9,12H,2,5,10-11H2,1H3. The summed E-state index contributed by atoms with van der Waals surface area (Å²) in [5, 5.41) is 1.02. The minimum Gasteiger partial charge on any atom is -0.494 e. The van der Waals surface area contributed by atoms with E-state index in [0.29, 0.717) is 35.6 Å². The molecule has 2 aromatic carbocycles. The van der Waals surface area contributed by atoms with Crippen LogP contribution in [0.3, 0.4) is 0 Å². The van der Waals surface area contributed by atoms with E-state index in [0.717, 1.165) is 17.9 Å². The van der Waals surface area contributed by atoms with Crippen molar-refractivity contribution in [2.75, 3.05) is 19.8 Å². The van der Waals surface area contributed by atoms with Gasteiger partial charge in [-0.05, 0) is 31.2 Å². The van der Waals surface area contributed by atoms with Crippen molar-refractivity contribution in [2.24, 2.45) is 0 Å². The molecule has 2 rings (SSSR count). The highest BCUT2D eigenvalue weighted by Gasteiger charge is 2.06. The Bertz CT molecular complexity index is 582. The zero-order chi connectivity index (χ0) is 15.8. The zero-order valence-electron chi connectivity index (χ0n) is 12.4. The first kappa shape index (κ1) is 16.8. The largest absolute Gasteiger partial charge is 0.494 e. The highest BCUT2D eigenvalue weighted by molar-refractivity contribution is 6.37. The molecule has 0 amide bonds. The van der Waals surface area contributed by atoms with E-state index in [2.05, 4.69) is 0 Å². The molecule has 0 spiro atoms. The minimum atomic E-state index is 0.481. The molecule has 2 aromatic rings. The Labute approximate surface area is 140 Å². The summed E-state index contributed by atoms with van der Waals surface area (Å²) in [4.78, 5) is 0. The molecule has 0 aliphatic heterocycles. The molecule has 0 bridgehead atoms. The molecule has 0 saturated carbocycles. The molecule has 3 nitrogen and oxygen atoms in total. The van der Waals surface area contributed by atoms with Gasteiger partial charge in [-0.1, -0.05) is 35.3 Å². The van der Waals surface area contributed by atoms with Crippen LogP contribution in [0.1, 0.15) is 13.3 Å². The van der Waals surface area contributed by atoms with Crippen molar-refractivity contribution in [3.05, 3.63) is 52.5 Å². The van der Waals surface area contributed by atoms with E-state index in [4.69, 9.17) is 37.4 Å². The van der Waals surface area contributed by atoms with Crippen LogP contribution in [-0.2, 0) is 0 Å². The molecular weight excluding hydrogens is 323 g/mol. The Morgan fingerprint density at radius 2 is 1.41 bits per heavy atom. The van der Waals surface area contributed by atoms with E-state index in [9.17, 15) is 0 Å². The van der Waals surface area contributed by atoms with Crippen molar-refractivity contribution in [1.82, 2.24) is 0 Å². The summed E-state index contributed by atoms with van der Waals surface area (Å²) in [6, 6.07) is 12.9. The molecule has 0 aliphatic rings. The third-order valence-corrected chi connectivity index (χ3v) is 3.43. The van der Waals surface area contributed by atoms with Crippen molar-refractivity contribution in [3.8, 4) is 17.2 Å². The minimum absolute atomic E-state index is 0.481. The van der Waals surface area contributed by atoms with Gasteiger partial charge in [-0.3, -0.25) is 0 Å². The average Bonchev–Trinajstić information content (AvgIpc) is 2.50. The van der Waals surface area contributed by atoms with Gasteiger partial charge in [-0.25, -0.2) is 0 Å². The second kappa shape index (κ2) is 8.76. The summed E-state index contributed by atoms with van der Waals surface area (Å²) in [7, 11) is 0. The molecule has 0 fully saturated rings. The van der Waals surface area contributed by atoms with E-state index in [1.54, 1.807) is 18.2 Å². The van der Waals surface area contributed by atoms with Crippen molar-refractivity contribution >= 4 is 23.2 Å². The van der Waals surface area contributed by atoms with Crippen LogP contribution in [0.2, 0.25) is 10.0 Å². The maximum absolute atomic E-state index is 6.03. The third-order valence-electron chi connectivity index (χ3n) is 2.84. The van der Waals surface area contributed by atoms with Gasteiger partial charge in [0.2, 0.25) is 0 Å². The van der Waals surface area contributed by atoms with Crippen LogP contribution in [0, 0.1) is 0 Å². The molecule has 22 heavy (non-hydrogen) atoms. The Kier molecular flexibility index (Phi) is 6.69. The summed E-state index contributed by atoms with van der Waals surface area (Å²) >= 11 is 12.1. The molecule has 0 heterocycles. The summed E-state index contributed by atoms with van der Waals surface area (Å²) in [6.07, 6.45) is 0.723. The molecule has 0 N–H and O–H groups in total. The quantitative estimate of drug-likeness (QED) is 0.615. The summed E-state index contributed by atoms with van der Waals surface area (Å²) in [5.41, 5.74) is 0. The van der Waals surface area contributed by atoms with Gasteiger partial charge in [0.05, 0.1) is 29.9 Å². The smallest absolute Gasteiger partial charge is 0.156 e. The highest BCUT2D eigenvalue weighted by Crippen LogP contribution is 2.32. The fraction of sp³-hybridized carbons (Fsp3) is 0.294. The Balaban J connectivity index is 1.74. The number of hydrogen-bond acceptors (Lipinski definition) is 3. The maximum atomic E-state index is 6.03. The van der Waals surface area contributed by atoms with Crippen LogP contribution in [0.5, 0.6) is 17.2 Å². The first-order chi connectivity index (χ1) is 10.7. The fourth-order valence-corrected chi connectivity index (χ4v) is 2.37. The highest BCUT2D eigenvalue weighted by atomic mass is 35.5. The molecule has 0 saturated heterocycles. The normalized spacial score (nSPS) is 10.3. The predicted octanol–water partition coefficient (Wildman–Crippen LogP) is 5.24. The lowest BCUT2D eigenvalue weighted by atomic mass is 10.3. The van der Waals surface area contributed by atoms with Gasteiger partial charge in [0.25, 0.3) is 0 Å². The molecular formula is C17H18Cl2O3. The third kappa shape index (κ3) is 5.00. The lowest BCUT2D eigenvalue weighted by Gasteiger charge is -2.11. The Morgan fingerprint density at radius 3 is 2.09 bits per heavy atom. The van der Waals surface area contributed by atoms with Gasteiger partial charge in [0, 0.05) is 12.5 Å². The molecule has 0 unspecified atom stereocenters. The number of rotatable bonds is 8. The van der Waals surface area contributed by atoms with Gasteiger partial charge < -0.3 is 14.2 Å². The zero-order valence-corrected chi connectivity index (χ0v) is 13.9. The molecule has 0 aliphatic carbocycles. The molecule has 0 aromatic heterocycles. The summed E-state index contributed by atoms with van der Waals surface area (Å²) in [5.74, 6) is 2.10. The van der Waals surface area contributed by atoms with Crippen molar-refractivity contribution in [3.63, 3.8) is 0 Å². The van der Waals surface area contributed by atoms with E-state index in [1.807, 2.05) is 31.2 Å². The van der Waals surface area contributed by atoms with E-state index >= 15 is 0 Å². The first-order valence-corrected chi connectivity index (χ1v) is 7.88. The van der Waals surface area contributed by atoms with Crippen LogP contribution in [0.25, 0.3) is 0 Å². The maximum Gasteiger partial charge on any atom is 0.156 e. The lowest BCUT2D eigenvalue weighted by molar-refractivity contribution is 0.246. The van der Waals surface area contributed by atoms with Gasteiger partial charge in [-0.2, -0.15) is 0 Å². The number of para-hydroxylation sites is 1. The Hall–Kier alpha value is -1.58. The van der Waals surface area contributed by atoms with E-state index in [1.165, 1.54) is 0 Å². The number of benzene rings is 2. The van der Waals surface area contributed by atoms with Crippen molar-refractivity contribution < 1.29 is 14.2 Å². The summed E-state index contributed by atoms with van der Waals surface area (Å²) < 4.78 is 16.7. The molecule has 0 radical (unpaired) electrons. The first-order valence-electron chi connectivity index (χ1n) is 7.13. The van der Waals surface area contributed by atoms with Crippen LogP contribution >= 0.6 is 23.2 Å². The van der Waals surface area contributed by atoms with Crippen LogP contribution in [-0.4, -0.2) is 19.8 Å². The van der Waals surface area contributed by atoms with Gasteiger partial charge in [0.1, 0.15) is 11.5 Å². The van der Waals surface area contributed by atoms with Crippen LogP contribution in [0.15, 0.2) is 42.5 Å². The second-order valence-electron chi connectivity index (χ2n) is 4.51. The van der Waals surface area contributed by atoms with E-state index in [-0.39, 0.29) is 0 Å². The molecule has 118 valence electrons. The number of halogens is 2. The topological polar surface area (TPSA) is 27.7 Å². The molecule has 5 heteroatoms. The van der Waals surface area contributed by atoms with Crippen LogP contribution in [0.4, 0.5) is 0 Å². The average molecular weight is 341 g/mol. The monoisotopic (exact) mass is 340 g/mol. The molecule has 0 atom stereocenters. The lowest BCUT2D eigenvalue weighted by Crippen LogP contribution is -2.05. The Morgan fingerprint density at radius 1 is 0.818 bits per heavy atom. The van der Waals surface area contributed by atoms with E-state index < -0.39 is 0 Å². The van der Waals surface area contributed by atoms with Crippen molar-refractivity contribution in [2.45, 2.75) is 13.3 Å². The predicted molar refractivity (Wildman–Crippen MR) is 89.7 cm³/mol. The van der Waals surface area contributed by atoms with Crippen LogP contribution < -0.4 is 14.2 Å². The van der Waals surface area contributed by atoms with Gasteiger partial charge in [0.15, 0.2) is 5.75 Å². The van der Waals surface area contributed by atoms with Gasteiger partial charge in [-0.15, -0.1) is 0 Å². The van der Waals surface area contributed by atoms with Crippen molar-refractivity contribution in [1.29, 1.82) is 0 Å². The number of hydrogen-bond donors (Lipinski definition) is 0. The van der Waals surface area contributed by atoms with Gasteiger partial charge >= 0.3 is 0 Å².